The zero-order valence-corrected chi connectivity index (χ0v) is 10.5. The number of nitrogens with two attached hydrogens (primary N) is 1. The largest absolute Gasteiger partial charge is 0.495 e. The Balaban J connectivity index is 2.30. The molecule has 0 fully saturated rings. The van der Waals surface area contributed by atoms with Crippen molar-refractivity contribution in [2.45, 2.75) is 17.0 Å². The highest BCUT2D eigenvalue weighted by Gasteiger charge is 2.08. The van der Waals surface area contributed by atoms with E-state index in [0.717, 1.165) is 10.6 Å². The molecular weight excluding hydrogens is 234 g/mol. The smallest absolute Gasteiger partial charge is 0.192 e. The van der Waals surface area contributed by atoms with Crippen LogP contribution in [-0.2, 0) is 0 Å². The van der Waals surface area contributed by atoms with Crippen molar-refractivity contribution in [2.75, 3.05) is 12.8 Å². The lowest BCUT2D eigenvalue weighted by Crippen LogP contribution is -1.95. The molecule has 0 amide bonds. The number of nitrogen functional groups attached to an aromatic ring is 1. The molecule has 1 aromatic heterocycles. The van der Waals surface area contributed by atoms with E-state index < -0.39 is 0 Å². The topological polar surface area (TPSA) is 61.0 Å². The Bertz CT molecular complexity index is 531. The molecule has 0 spiro atoms. The SMILES string of the molecule is COc1cccc(Sc2nccc(C)n2)c1N. The molecule has 2 aromatic rings. The highest BCUT2D eigenvalue weighted by molar-refractivity contribution is 7.99. The van der Waals surface area contributed by atoms with Crippen LogP contribution in [0.1, 0.15) is 5.69 Å². The number of para-hydroxylation sites is 1. The van der Waals surface area contributed by atoms with Gasteiger partial charge in [0.1, 0.15) is 5.75 Å². The fourth-order valence-electron chi connectivity index (χ4n) is 1.36. The molecule has 0 unspecified atom stereocenters. The van der Waals surface area contributed by atoms with Gasteiger partial charge >= 0.3 is 0 Å². The fraction of sp³-hybridized carbons (Fsp3) is 0.167. The average Bonchev–Trinajstić information content (AvgIpc) is 2.32. The Morgan fingerprint density at radius 2 is 2.12 bits per heavy atom. The molecule has 17 heavy (non-hydrogen) atoms. The molecular formula is C12H13N3OS. The summed E-state index contributed by atoms with van der Waals surface area (Å²) in [5.41, 5.74) is 7.53. The summed E-state index contributed by atoms with van der Waals surface area (Å²) in [4.78, 5) is 9.41. The molecule has 0 saturated carbocycles. The van der Waals surface area contributed by atoms with E-state index >= 15 is 0 Å². The molecule has 0 atom stereocenters. The second-order valence-electron chi connectivity index (χ2n) is 3.45. The Labute approximate surface area is 104 Å². The summed E-state index contributed by atoms with van der Waals surface area (Å²) in [7, 11) is 1.60. The van der Waals surface area contributed by atoms with Gasteiger partial charge in [0.25, 0.3) is 0 Å². The van der Waals surface area contributed by atoms with E-state index in [2.05, 4.69) is 9.97 Å². The molecule has 0 aliphatic heterocycles. The summed E-state index contributed by atoms with van der Waals surface area (Å²) >= 11 is 1.43. The minimum absolute atomic E-state index is 0.616. The Morgan fingerprint density at radius 1 is 1.29 bits per heavy atom. The third kappa shape index (κ3) is 2.68. The van der Waals surface area contributed by atoms with Crippen molar-refractivity contribution in [2.24, 2.45) is 0 Å². The molecule has 1 aromatic carbocycles. The second kappa shape index (κ2) is 5.05. The molecule has 5 heteroatoms. The van der Waals surface area contributed by atoms with Gasteiger partial charge in [-0.15, -0.1) is 0 Å². The van der Waals surface area contributed by atoms with Gasteiger partial charge in [-0.3, -0.25) is 0 Å². The van der Waals surface area contributed by atoms with Crippen LogP contribution in [0.5, 0.6) is 5.75 Å². The lowest BCUT2D eigenvalue weighted by Gasteiger charge is -2.08. The summed E-state index contributed by atoms with van der Waals surface area (Å²) in [6, 6.07) is 7.51. The maximum Gasteiger partial charge on any atom is 0.192 e. The predicted octanol–water partition coefficient (Wildman–Crippen LogP) is 2.53. The van der Waals surface area contributed by atoms with Crippen molar-refractivity contribution < 1.29 is 4.74 Å². The molecule has 1 heterocycles. The third-order valence-corrected chi connectivity index (χ3v) is 3.18. The highest BCUT2D eigenvalue weighted by Crippen LogP contribution is 2.35. The van der Waals surface area contributed by atoms with E-state index in [-0.39, 0.29) is 0 Å². The average molecular weight is 247 g/mol. The van der Waals surface area contributed by atoms with E-state index in [1.165, 1.54) is 11.8 Å². The predicted molar refractivity (Wildman–Crippen MR) is 68.3 cm³/mol. The molecule has 2 N–H and O–H groups in total. The van der Waals surface area contributed by atoms with Crippen molar-refractivity contribution in [1.82, 2.24) is 9.97 Å². The van der Waals surface area contributed by atoms with Crippen molar-refractivity contribution in [3.63, 3.8) is 0 Å². The first-order valence-corrected chi connectivity index (χ1v) is 5.92. The van der Waals surface area contributed by atoms with Crippen LogP contribution in [0.2, 0.25) is 0 Å². The quantitative estimate of drug-likeness (QED) is 0.667. The summed E-state index contributed by atoms with van der Waals surface area (Å²) in [6.45, 7) is 1.93. The lowest BCUT2D eigenvalue weighted by molar-refractivity contribution is 0.416. The second-order valence-corrected chi connectivity index (χ2v) is 4.46. The fourth-order valence-corrected chi connectivity index (χ4v) is 2.22. The van der Waals surface area contributed by atoms with Gasteiger partial charge in [-0.05, 0) is 36.9 Å². The zero-order valence-electron chi connectivity index (χ0n) is 9.68. The maximum atomic E-state index is 5.98. The number of rotatable bonds is 3. The van der Waals surface area contributed by atoms with Gasteiger partial charge in [-0.1, -0.05) is 6.07 Å². The van der Waals surface area contributed by atoms with Gasteiger partial charge in [0.15, 0.2) is 5.16 Å². The molecule has 0 saturated heterocycles. The number of hydrogen-bond donors (Lipinski definition) is 1. The van der Waals surface area contributed by atoms with Crippen LogP contribution in [0.25, 0.3) is 0 Å². The minimum atomic E-state index is 0.616. The number of nitrogens with zero attached hydrogens (tertiary/aromatic N) is 2. The Hall–Kier alpha value is -1.75. The Kier molecular flexibility index (Phi) is 3.49. The first-order valence-electron chi connectivity index (χ1n) is 5.10. The number of hydrogen-bond acceptors (Lipinski definition) is 5. The van der Waals surface area contributed by atoms with Crippen LogP contribution in [0, 0.1) is 6.92 Å². The Morgan fingerprint density at radius 3 is 2.82 bits per heavy atom. The van der Waals surface area contributed by atoms with Crippen LogP contribution < -0.4 is 10.5 Å². The standard InChI is InChI=1S/C12H13N3OS/c1-8-6-7-14-12(15-8)17-10-5-3-4-9(16-2)11(10)13/h3-7H,13H2,1-2H3. The third-order valence-electron chi connectivity index (χ3n) is 2.22. The molecule has 0 aliphatic carbocycles. The molecule has 88 valence electrons. The molecule has 0 aliphatic rings. The van der Waals surface area contributed by atoms with Crippen LogP contribution in [-0.4, -0.2) is 17.1 Å². The van der Waals surface area contributed by atoms with Crippen LogP contribution in [0.3, 0.4) is 0 Å². The van der Waals surface area contributed by atoms with E-state index in [1.54, 1.807) is 13.3 Å². The van der Waals surface area contributed by atoms with E-state index in [9.17, 15) is 0 Å². The van der Waals surface area contributed by atoms with E-state index in [1.807, 2.05) is 31.2 Å². The van der Waals surface area contributed by atoms with E-state index in [4.69, 9.17) is 10.5 Å². The summed E-state index contributed by atoms with van der Waals surface area (Å²) < 4.78 is 5.17. The number of methoxy groups -OCH3 is 1. The molecule has 0 radical (unpaired) electrons. The summed E-state index contributed by atoms with van der Waals surface area (Å²) in [5, 5.41) is 0.685. The van der Waals surface area contributed by atoms with E-state index in [0.29, 0.717) is 16.6 Å². The van der Waals surface area contributed by atoms with Crippen molar-refractivity contribution in [3.8, 4) is 5.75 Å². The van der Waals surface area contributed by atoms with Crippen LogP contribution in [0.15, 0.2) is 40.5 Å². The zero-order chi connectivity index (χ0) is 12.3. The van der Waals surface area contributed by atoms with Gasteiger partial charge < -0.3 is 10.5 Å². The maximum absolute atomic E-state index is 5.98. The van der Waals surface area contributed by atoms with Crippen molar-refractivity contribution in [1.29, 1.82) is 0 Å². The molecule has 0 bridgehead atoms. The number of aromatic nitrogens is 2. The number of aryl methyl sites for hydroxylation is 1. The number of benzene rings is 1. The minimum Gasteiger partial charge on any atom is -0.495 e. The molecule has 4 nitrogen and oxygen atoms in total. The van der Waals surface area contributed by atoms with Gasteiger partial charge in [0.2, 0.25) is 0 Å². The van der Waals surface area contributed by atoms with Gasteiger partial charge in [-0.25, -0.2) is 9.97 Å². The summed E-state index contributed by atoms with van der Waals surface area (Å²) in [6.07, 6.45) is 1.74. The van der Waals surface area contributed by atoms with Crippen LogP contribution in [0.4, 0.5) is 5.69 Å². The number of anilines is 1. The normalized spacial score (nSPS) is 10.2. The number of ether oxygens (including phenoxy) is 1. The van der Waals surface area contributed by atoms with Gasteiger partial charge in [0, 0.05) is 16.8 Å². The van der Waals surface area contributed by atoms with Crippen LogP contribution >= 0.6 is 11.8 Å². The summed E-state index contributed by atoms with van der Waals surface area (Å²) in [5.74, 6) is 0.669. The lowest BCUT2D eigenvalue weighted by atomic mass is 10.3. The molecule has 2 rings (SSSR count). The van der Waals surface area contributed by atoms with Crippen molar-refractivity contribution >= 4 is 17.4 Å². The highest BCUT2D eigenvalue weighted by atomic mass is 32.2. The first kappa shape index (κ1) is 11.7. The first-order chi connectivity index (χ1) is 8.20. The monoisotopic (exact) mass is 247 g/mol. The van der Waals surface area contributed by atoms with Crippen molar-refractivity contribution in [3.05, 3.63) is 36.2 Å². The van der Waals surface area contributed by atoms with Gasteiger partial charge in [-0.2, -0.15) is 0 Å². The van der Waals surface area contributed by atoms with Gasteiger partial charge in [0.05, 0.1) is 12.8 Å².